The molecule has 0 aliphatic heterocycles. The van der Waals surface area contributed by atoms with E-state index in [0.29, 0.717) is 12.1 Å². The van der Waals surface area contributed by atoms with Crippen molar-refractivity contribution in [1.82, 2.24) is 4.98 Å². The maximum absolute atomic E-state index is 9.21. The first kappa shape index (κ1) is 12.4. The fourth-order valence-electron chi connectivity index (χ4n) is 2.20. The fourth-order valence-corrected chi connectivity index (χ4v) is 2.20. The monoisotopic (exact) mass is 262 g/mol. The second kappa shape index (κ2) is 5.53. The van der Waals surface area contributed by atoms with Crippen molar-refractivity contribution in [3.63, 3.8) is 0 Å². The van der Waals surface area contributed by atoms with Crippen molar-refractivity contribution < 1.29 is 5.21 Å². The summed E-state index contributed by atoms with van der Waals surface area (Å²) in [4.78, 5) is 4.60. The Morgan fingerprint density at radius 2 is 1.65 bits per heavy atom. The average Bonchev–Trinajstić information content (AvgIpc) is 2.53. The van der Waals surface area contributed by atoms with Gasteiger partial charge in [-0.15, -0.1) is 0 Å². The maximum Gasteiger partial charge on any atom is 0.0927 e. The van der Waals surface area contributed by atoms with Gasteiger partial charge in [0.2, 0.25) is 0 Å². The molecule has 1 aromatic heterocycles. The Morgan fingerprint density at radius 3 is 2.45 bits per heavy atom. The maximum atomic E-state index is 9.21. The molecule has 3 heteroatoms. The van der Waals surface area contributed by atoms with Crippen LogP contribution < -0.4 is 0 Å². The molecule has 0 unspecified atom stereocenters. The Bertz CT molecular complexity index is 751. The van der Waals surface area contributed by atoms with Gasteiger partial charge in [0.1, 0.15) is 0 Å². The molecule has 0 aliphatic carbocycles. The number of pyridine rings is 1. The lowest BCUT2D eigenvalue weighted by Crippen LogP contribution is -2.06. The van der Waals surface area contributed by atoms with Crippen molar-refractivity contribution in [3.05, 3.63) is 78.0 Å². The molecule has 0 amide bonds. The molecule has 3 aromatic rings. The highest BCUT2D eigenvalue weighted by atomic mass is 16.4. The van der Waals surface area contributed by atoms with Crippen LogP contribution in [0.5, 0.6) is 0 Å². The summed E-state index contributed by atoms with van der Waals surface area (Å²) in [6, 6.07) is 21.6. The van der Waals surface area contributed by atoms with Gasteiger partial charge in [-0.2, -0.15) is 0 Å². The van der Waals surface area contributed by atoms with Gasteiger partial charge in [0.05, 0.1) is 11.2 Å². The molecule has 0 atom stereocenters. The van der Waals surface area contributed by atoms with Crippen molar-refractivity contribution >= 4 is 16.6 Å². The highest BCUT2D eigenvalue weighted by molar-refractivity contribution is 6.01. The summed E-state index contributed by atoms with van der Waals surface area (Å²) in [5, 5.41) is 13.7. The number of benzene rings is 2. The summed E-state index contributed by atoms with van der Waals surface area (Å²) in [6.45, 7) is 0. The van der Waals surface area contributed by atoms with Crippen LogP contribution in [-0.4, -0.2) is 15.9 Å². The van der Waals surface area contributed by atoms with E-state index in [4.69, 9.17) is 0 Å². The molecule has 1 heterocycles. The zero-order valence-electron chi connectivity index (χ0n) is 10.9. The van der Waals surface area contributed by atoms with Crippen LogP contribution in [0.4, 0.5) is 0 Å². The number of oxime groups is 1. The number of rotatable bonds is 3. The third-order valence-electron chi connectivity index (χ3n) is 3.23. The molecule has 1 N–H and O–H groups in total. The SMILES string of the molecule is O/N=C(\Cc1ccc2ccccc2n1)c1ccccc1. The van der Waals surface area contributed by atoms with Crippen LogP contribution in [0, 0.1) is 0 Å². The van der Waals surface area contributed by atoms with Crippen LogP contribution in [0.3, 0.4) is 0 Å². The number of aromatic nitrogens is 1. The largest absolute Gasteiger partial charge is 0.411 e. The number of hydrogen-bond donors (Lipinski definition) is 1. The molecule has 0 radical (unpaired) electrons. The molecule has 0 fully saturated rings. The van der Waals surface area contributed by atoms with Gasteiger partial charge in [-0.25, -0.2) is 0 Å². The molecule has 3 nitrogen and oxygen atoms in total. The van der Waals surface area contributed by atoms with Gasteiger partial charge in [0.25, 0.3) is 0 Å². The van der Waals surface area contributed by atoms with Crippen LogP contribution in [0.1, 0.15) is 11.3 Å². The molecular formula is C17H14N2O. The van der Waals surface area contributed by atoms with Crippen LogP contribution in [0.15, 0.2) is 71.9 Å². The molecule has 2 aromatic carbocycles. The molecule has 20 heavy (non-hydrogen) atoms. The topological polar surface area (TPSA) is 45.5 Å². The summed E-state index contributed by atoms with van der Waals surface area (Å²) in [7, 11) is 0. The van der Waals surface area contributed by atoms with E-state index >= 15 is 0 Å². The van der Waals surface area contributed by atoms with E-state index < -0.39 is 0 Å². The van der Waals surface area contributed by atoms with Gasteiger partial charge in [-0.1, -0.05) is 59.8 Å². The van der Waals surface area contributed by atoms with Crippen LogP contribution in [0.2, 0.25) is 0 Å². The highest BCUT2D eigenvalue weighted by Crippen LogP contribution is 2.13. The lowest BCUT2D eigenvalue weighted by molar-refractivity contribution is 0.318. The Labute approximate surface area is 117 Å². The number of fused-ring (bicyclic) bond motifs is 1. The second-order valence-corrected chi connectivity index (χ2v) is 4.58. The van der Waals surface area contributed by atoms with Crippen molar-refractivity contribution in [2.75, 3.05) is 0 Å². The molecule has 0 aliphatic rings. The number of hydrogen-bond acceptors (Lipinski definition) is 3. The van der Waals surface area contributed by atoms with E-state index in [1.54, 1.807) is 0 Å². The Hall–Kier alpha value is -2.68. The molecule has 0 spiro atoms. The van der Waals surface area contributed by atoms with Gasteiger partial charge in [0, 0.05) is 17.5 Å². The van der Waals surface area contributed by atoms with Crippen molar-refractivity contribution in [1.29, 1.82) is 0 Å². The van der Waals surface area contributed by atoms with Gasteiger partial charge >= 0.3 is 0 Å². The first-order valence-corrected chi connectivity index (χ1v) is 6.48. The van der Waals surface area contributed by atoms with Gasteiger partial charge < -0.3 is 5.21 Å². The van der Waals surface area contributed by atoms with Crippen molar-refractivity contribution in [2.24, 2.45) is 5.16 Å². The summed E-state index contributed by atoms with van der Waals surface area (Å²) >= 11 is 0. The fraction of sp³-hybridized carbons (Fsp3) is 0.0588. The highest BCUT2D eigenvalue weighted by Gasteiger charge is 2.07. The first-order chi connectivity index (χ1) is 9.86. The zero-order chi connectivity index (χ0) is 13.8. The van der Waals surface area contributed by atoms with Crippen LogP contribution >= 0.6 is 0 Å². The number of para-hydroxylation sites is 1. The zero-order valence-corrected chi connectivity index (χ0v) is 10.9. The standard InChI is InChI=1S/C17H14N2O/c20-19-17(13-6-2-1-3-7-13)12-15-11-10-14-8-4-5-9-16(14)18-15/h1-11,20H,12H2/b19-17+. The summed E-state index contributed by atoms with van der Waals surface area (Å²) in [5.41, 5.74) is 3.37. The van der Waals surface area contributed by atoms with Gasteiger partial charge in [-0.3, -0.25) is 4.98 Å². The lowest BCUT2D eigenvalue weighted by atomic mass is 10.0. The van der Waals surface area contributed by atoms with E-state index in [0.717, 1.165) is 22.2 Å². The normalized spacial score (nSPS) is 11.7. The van der Waals surface area contributed by atoms with E-state index in [9.17, 15) is 5.21 Å². The van der Waals surface area contributed by atoms with Crippen LogP contribution in [-0.2, 0) is 6.42 Å². The molecule has 0 saturated heterocycles. The van der Waals surface area contributed by atoms with E-state index in [2.05, 4.69) is 10.1 Å². The Kier molecular flexibility index (Phi) is 3.42. The Balaban J connectivity index is 1.92. The first-order valence-electron chi connectivity index (χ1n) is 6.48. The van der Waals surface area contributed by atoms with Gasteiger partial charge in [-0.05, 0) is 17.7 Å². The summed E-state index contributed by atoms with van der Waals surface area (Å²) < 4.78 is 0. The third-order valence-corrected chi connectivity index (χ3v) is 3.23. The lowest BCUT2D eigenvalue weighted by Gasteiger charge is -2.05. The predicted octanol–water partition coefficient (Wildman–Crippen LogP) is 3.66. The predicted molar refractivity (Wildman–Crippen MR) is 80.2 cm³/mol. The quantitative estimate of drug-likeness (QED) is 0.445. The minimum Gasteiger partial charge on any atom is -0.411 e. The molecular weight excluding hydrogens is 248 g/mol. The van der Waals surface area contributed by atoms with Crippen molar-refractivity contribution in [2.45, 2.75) is 6.42 Å². The third kappa shape index (κ3) is 2.52. The Morgan fingerprint density at radius 1 is 0.900 bits per heavy atom. The average molecular weight is 262 g/mol. The minimum absolute atomic E-state index is 0.505. The molecule has 98 valence electrons. The molecule has 0 bridgehead atoms. The smallest absolute Gasteiger partial charge is 0.0927 e. The van der Waals surface area contributed by atoms with Crippen molar-refractivity contribution in [3.8, 4) is 0 Å². The molecule has 0 saturated carbocycles. The second-order valence-electron chi connectivity index (χ2n) is 4.58. The van der Waals surface area contributed by atoms with Gasteiger partial charge in [0.15, 0.2) is 0 Å². The number of nitrogens with zero attached hydrogens (tertiary/aromatic N) is 2. The van der Waals surface area contributed by atoms with E-state index in [1.165, 1.54) is 0 Å². The van der Waals surface area contributed by atoms with Crippen LogP contribution in [0.25, 0.3) is 10.9 Å². The van der Waals surface area contributed by atoms with E-state index in [-0.39, 0.29) is 0 Å². The minimum atomic E-state index is 0.505. The van der Waals surface area contributed by atoms with E-state index in [1.807, 2.05) is 66.7 Å². The summed E-state index contributed by atoms with van der Waals surface area (Å²) in [6.07, 6.45) is 0.505. The summed E-state index contributed by atoms with van der Waals surface area (Å²) in [5.74, 6) is 0. The molecule has 3 rings (SSSR count).